The topological polar surface area (TPSA) is 79.7 Å². The summed E-state index contributed by atoms with van der Waals surface area (Å²) >= 11 is 3.27. The van der Waals surface area contributed by atoms with Crippen LogP contribution in [0.3, 0.4) is 0 Å². The molecule has 1 aliphatic rings. The summed E-state index contributed by atoms with van der Waals surface area (Å²) in [6.07, 6.45) is 2.70. The number of halogens is 1. The van der Waals surface area contributed by atoms with E-state index >= 15 is 0 Å². The zero-order valence-corrected chi connectivity index (χ0v) is 13.3. The second-order valence-corrected chi connectivity index (χ2v) is 6.13. The molecule has 0 bridgehead atoms. The van der Waals surface area contributed by atoms with Crippen LogP contribution >= 0.6 is 15.9 Å². The van der Waals surface area contributed by atoms with Gasteiger partial charge in [-0.05, 0) is 40.9 Å². The highest BCUT2D eigenvalue weighted by Crippen LogP contribution is 2.31. The lowest BCUT2D eigenvalue weighted by Gasteiger charge is -2.39. The molecule has 6 nitrogen and oxygen atoms in total. The number of likely N-dealkylation sites (tertiary alicyclic amines) is 1. The standard InChI is InChI=1S/C14H17BrN2O4/c1-21-9-14(13(19)20)5-2-6-17(8-14)12(18)11-4-3-10(15)7-16-11/h3-4,7H,2,5-6,8-9H2,1H3,(H,19,20). The molecule has 21 heavy (non-hydrogen) atoms. The number of nitrogens with zero attached hydrogens (tertiary/aromatic N) is 2. The minimum atomic E-state index is -1.03. The Balaban J connectivity index is 2.18. The zero-order chi connectivity index (χ0) is 15.5. The Morgan fingerprint density at radius 2 is 2.29 bits per heavy atom. The Kier molecular flexibility index (Phi) is 4.95. The zero-order valence-electron chi connectivity index (χ0n) is 11.7. The van der Waals surface area contributed by atoms with Gasteiger partial charge in [-0.1, -0.05) is 0 Å². The van der Waals surface area contributed by atoms with Crippen molar-refractivity contribution in [2.24, 2.45) is 5.41 Å². The van der Waals surface area contributed by atoms with Gasteiger partial charge in [-0.15, -0.1) is 0 Å². The summed E-state index contributed by atoms with van der Waals surface area (Å²) < 4.78 is 5.84. The number of carboxylic acids is 1. The van der Waals surface area contributed by atoms with Crippen LogP contribution in [0.2, 0.25) is 0 Å². The highest BCUT2D eigenvalue weighted by atomic mass is 79.9. The van der Waals surface area contributed by atoms with E-state index in [-0.39, 0.29) is 19.1 Å². The predicted molar refractivity (Wildman–Crippen MR) is 79.0 cm³/mol. The van der Waals surface area contributed by atoms with E-state index in [0.29, 0.717) is 25.1 Å². The molecule has 1 atom stereocenters. The van der Waals surface area contributed by atoms with Crippen molar-refractivity contribution in [3.05, 3.63) is 28.5 Å². The molecule has 0 saturated carbocycles. The number of aromatic nitrogens is 1. The van der Waals surface area contributed by atoms with Crippen molar-refractivity contribution in [1.82, 2.24) is 9.88 Å². The number of carbonyl (C=O) groups excluding carboxylic acids is 1. The van der Waals surface area contributed by atoms with Crippen molar-refractivity contribution in [1.29, 1.82) is 0 Å². The summed E-state index contributed by atoms with van der Waals surface area (Å²) in [4.78, 5) is 29.6. The van der Waals surface area contributed by atoms with Crippen LogP contribution < -0.4 is 0 Å². The molecule has 114 valence electrons. The van der Waals surface area contributed by atoms with Crippen molar-refractivity contribution in [2.75, 3.05) is 26.8 Å². The molecule has 0 aromatic carbocycles. The lowest BCUT2D eigenvalue weighted by atomic mass is 9.80. The van der Waals surface area contributed by atoms with Gasteiger partial charge in [0, 0.05) is 30.9 Å². The lowest BCUT2D eigenvalue weighted by molar-refractivity contribution is -0.155. The van der Waals surface area contributed by atoms with Crippen molar-refractivity contribution in [2.45, 2.75) is 12.8 Å². The molecule has 2 rings (SSSR count). The van der Waals surface area contributed by atoms with Gasteiger partial charge in [-0.3, -0.25) is 9.59 Å². The number of amides is 1. The molecule has 1 amide bonds. The fourth-order valence-corrected chi connectivity index (χ4v) is 2.83. The Labute approximate surface area is 131 Å². The van der Waals surface area contributed by atoms with Crippen LogP contribution in [-0.2, 0) is 9.53 Å². The minimum Gasteiger partial charge on any atom is -0.481 e. The third-order valence-corrected chi connectivity index (χ3v) is 4.15. The smallest absolute Gasteiger partial charge is 0.313 e. The molecule has 1 aromatic heterocycles. The van der Waals surface area contributed by atoms with E-state index < -0.39 is 11.4 Å². The van der Waals surface area contributed by atoms with Crippen LogP contribution in [0, 0.1) is 5.41 Å². The molecule has 0 aliphatic carbocycles. The molecular weight excluding hydrogens is 340 g/mol. The highest BCUT2D eigenvalue weighted by molar-refractivity contribution is 9.10. The van der Waals surface area contributed by atoms with Gasteiger partial charge in [0.05, 0.1) is 6.61 Å². The summed E-state index contributed by atoms with van der Waals surface area (Å²) in [5, 5.41) is 9.49. The van der Waals surface area contributed by atoms with E-state index in [1.54, 1.807) is 23.2 Å². The second kappa shape index (κ2) is 6.53. The molecule has 1 N–H and O–H groups in total. The van der Waals surface area contributed by atoms with E-state index in [2.05, 4.69) is 20.9 Å². The number of ether oxygens (including phenoxy) is 1. The summed E-state index contributed by atoms with van der Waals surface area (Å²) in [7, 11) is 1.47. The normalized spacial score (nSPS) is 22.1. The van der Waals surface area contributed by atoms with Crippen LogP contribution in [0.25, 0.3) is 0 Å². The fourth-order valence-electron chi connectivity index (χ4n) is 2.60. The number of carboxylic acid groups (broad SMARTS) is 1. The molecule has 1 fully saturated rings. The highest BCUT2D eigenvalue weighted by Gasteiger charge is 2.44. The Morgan fingerprint density at radius 1 is 1.52 bits per heavy atom. The van der Waals surface area contributed by atoms with Crippen molar-refractivity contribution >= 4 is 27.8 Å². The van der Waals surface area contributed by atoms with Gasteiger partial charge in [0.1, 0.15) is 11.1 Å². The van der Waals surface area contributed by atoms with Gasteiger partial charge in [0.2, 0.25) is 0 Å². The molecule has 2 heterocycles. The van der Waals surface area contributed by atoms with Crippen LogP contribution in [0.1, 0.15) is 23.3 Å². The first-order valence-corrected chi connectivity index (χ1v) is 7.41. The van der Waals surface area contributed by atoms with Crippen LogP contribution in [0.15, 0.2) is 22.8 Å². The average Bonchev–Trinajstić information content (AvgIpc) is 2.48. The van der Waals surface area contributed by atoms with Crippen molar-refractivity contribution in [3.8, 4) is 0 Å². The monoisotopic (exact) mass is 356 g/mol. The van der Waals surface area contributed by atoms with Crippen LogP contribution in [-0.4, -0.2) is 53.7 Å². The third-order valence-electron chi connectivity index (χ3n) is 3.68. The SMILES string of the molecule is COCC1(C(=O)O)CCCN(C(=O)c2ccc(Br)cn2)C1. The van der Waals surface area contributed by atoms with Gasteiger partial charge in [0.15, 0.2) is 0 Å². The largest absolute Gasteiger partial charge is 0.481 e. The quantitative estimate of drug-likeness (QED) is 0.889. The number of methoxy groups -OCH3 is 1. The average molecular weight is 357 g/mol. The summed E-state index contributed by atoms with van der Waals surface area (Å²) in [5.74, 6) is -1.17. The Morgan fingerprint density at radius 3 is 2.86 bits per heavy atom. The van der Waals surface area contributed by atoms with Gasteiger partial charge in [-0.2, -0.15) is 0 Å². The molecule has 7 heteroatoms. The van der Waals surface area contributed by atoms with Gasteiger partial charge in [-0.25, -0.2) is 4.98 Å². The van der Waals surface area contributed by atoms with E-state index in [4.69, 9.17) is 4.74 Å². The molecule has 0 spiro atoms. The van der Waals surface area contributed by atoms with E-state index in [1.807, 2.05) is 0 Å². The van der Waals surface area contributed by atoms with Crippen LogP contribution in [0.4, 0.5) is 0 Å². The maximum atomic E-state index is 12.4. The first-order chi connectivity index (χ1) is 9.98. The number of carbonyl (C=O) groups is 2. The van der Waals surface area contributed by atoms with E-state index in [1.165, 1.54) is 7.11 Å². The number of aliphatic carboxylic acids is 1. The lowest BCUT2D eigenvalue weighted by Crippen LogP contribution is -2.52. The second-order valence-electron chi connectivity index (χ2n) is 5.21. The molecule has 0 radical (unpaired) electrons. The third kappa shape index (κ3) is 3.41. The number of piperidine rings is 1. The molecular formula is C14H17BrN2O4. The van der Waals surface area contributed by atoms with Gasteiger partial charge >= 0.3 is 5.97 Å². The van der Waals surface area contributed by atoms with Crippen molar-refractivity contribution < 1.29 is 19.4 Å². The summed E-state index contributed by atoms with van der Waals surface area (Å²) in [5.41, 5.74) is -0.713. The minimum absolute atomic E-state index is 0.0971. The molecule has 1 aromatic rings. The first-order valence-electron chi connectivity index (χ1n) is 6.62. The molecule has 1 aliphatic heterocycles. The summed E-state index contributed by atoms with van der Waals surface area (Å²) in [6, 6.07) is 3.36. The van der Waals surface area contributed by atoms with Crippen molar-refractivity contribution in [3.63, 3.8) is 0 Å². The number of rotatable bonds is 4. The number of hydrogen-bond donors (Lipinski definition) is 1. The first kappa shape index (κ1) is 15.9. The molecule has 1 unspecified atom stereocenters. The van der Waals surface area contributed by atoms with E-state index in [0.717, 1.165) is 4.47 Å². The predicted octanol–water partition coefficient (Wildman–Crippen LogP) is 1.80. The maximum Gasteiger partial charge on any atom is 0.313 e. The van der Waals surface area contributed by atoms with Gasteiger partial charge < -0.3 is 14.7 Å². The van der Waals surface area contributed by atoms with Gasteiger partial charge in [0.25, 0.3) is 5.91 Å². The summed E-state index contributed by atoms with van der Waals surface area (Å²) in [6.45, 7) is 0.780. The Bertz CT molecular complexity index is 530. The number of pyridine rings is 1. The van der Waals surface area contributed by atoms with Crippen LogP contribution in [0.5, 0.6) is 0 Å². The Hall–Kier alpha value is -1.47. The van der Waals surface area contributed by atoms with E-state index in [9.17, 15) is 14.7 Å². The number of hydrogen-bond acceptors (Lipinski definition) is 4. The maximum absolute atomic E-state index is 12.4. The molecule has 1 saturated heterocycles. The fraction of sp³-hybridized carbons (Fsp3) is 0.500.